The molecule has 38 heavy (non-hydrogen) atoms. The standard InChI is InChI=1S/C29H34ClN3O4S/c1-4-18-31-29(35)27(5-2)32(20-23-12-8-6-9-13-23)28(34)21-33(24-17-16-22(3)26(30)19-24)38(36,37)25-14-10-7-11-15-25/h6-17,19,27H,4-5,18,20-21H2,1-3H3,(H,31,35)/t27-/m1/s1. The summed E-state index contributed by atoms with van der Waals surface area (Å²) in [6, 6.07) is 21.4. The number of benzene rings is 3. The summed E-state index contributed by atoms with van der Waals surface area (Å²) in [5.74, 6) is -0.766. The maximum absolute atomic E-state index is 13.9. The lowest BCUT2D eigenvalue weighted by Gasteiger charge is -2.33. The zero-order valence-corrected chi connectivity index (χ0v) is 23.5. The predicted octanol–water partition coefficient (Wildman–Crippen LogP) is 5.18. The Kier molecular flexibility index (Phi) is 10.3. The second-order valence-corrected chi connectivity index (χ2v) is 11.3. The van der Waals surface area contributed by atoms with Crippen LogP contribution in [0.3, 0.4) is 0 Å². The monoisotopic (exact) mass is 555 g/mol. The minimum Gasteiger partial charge on any atom is -0.354 e. The van der Waals surface area contributed by atoms with Crippen LogP contribution in [0.1, 0.15) is 37.8 Å². The van der Waals surface area contributed by atoms with Crippen molar-refractivity contribution in [2.24, 2.45) is 0 Å². The average molecular weight is 556 g/mol. The molecular formula is C29H34ClN3O4S. The summed E-state index contributed by atoms with van der Waals surface area (Å²) in [6.07, 6.45) is 1.13. The van der Waals surface area contributed by atoms with Gasteiger partial charge in [0.05, 0.1) is 10.6 Å². The maximum Gasteiger partial charge on any atom is 0.264 e. The summed E-state index contributed by atoms with van der Waals surface area (Å²) in [6.45, 7) is 5.74. The zero-order valence-electron chi connectivity index (χ0n) is 21.9. The third kappa shape index (κ3) is 7.14. The minimum absolute atomic E-state index is 0.0480. The first-order chi connectivity index (χ1) is 18.2. The maximum atomic E-state index is 13.9. The van der Waals surface area contributed by atoms with Gasteiger partial charge >= 0.3 is 0 Å². The third-order valence-corrected chi connectivity index (χ3v) is 8.38. The van der Waals surface area contributed by atoms with E-state index in [1.807, 2.05) is 51.1 Å². The van der Waals surface area contributed by atoms with E-state index in [1.165, 1.54) is 23.1 Å². The van der Waals surface area contributed by atoms with Crippen LogP contribution >= 0.6 is 11.6 Å². The van der Waals surface area contributed by atoms with Crippen LogP contribution in [0.15, 0.2) is 83.8 Å². The lowest BCUT2D eigenvalue weighted by atomic mass is 10.1. The largest absolute Gasteiger partial charge is 0.354 e. The van der Waals surface area contributed by atoms with Gasteiger partial charge in [-0.1, -0.05) is 80.0 Å². The molecule has 0 fully saturated rings. The van der Waals surface area contributed by atoms with Gasteiger partial charge in [-0.2, -0.15) is 0 Å². The third-order valence-electron chi connectivity index (χ3n) is 6.18. The fourth-order valence-electron chi connectivity index (χ4n) is 4.05. The van der Waals surface area contributed by atoms with E-state index in [4.69, 9.17) is 11.6 Å². The van der Waals surface area contributed by atoms with E-state index in [0.717, 1.165) is 21.9 Å². The van der Waals surface area contributed by atoms with Crippen LogP contribution in [0, 0.1) is 6.92 Å². The van der Waals surface area contributed by atoms with E-state index < -0.39 is 28.5 Å². The molecule has 1 atom stereocenters. The van der Waals surface area contributed by atoms with E-state index >= 15 is 0 Å². The molecule has 3 rings (SSSR count). The molecular weight excluding hydrogens is 522 g/mol. The van der Waals surface area contributed by atoms with Gasteiger partial charge in [0.15, 0.2) is 0 Å². The Morgan fingerprint density at radius 1 is 0.947 bits per heavy atom. The molecule has 9 heteroatoms. The van der Waals surface area contributed by atoms with E-state index in [9.17, 15) is 18.0 Å². The summed E-state index contributed by atoms with van der Waals surface area (Å²) >= 11 is 6.35. The number of carbonyl (C=O) groups is 2. The Bertz CT molecular complexity index is 1330. The number of rotatable bonds is 12. The van der Waals surface area contributed by atoms with Gasteiger partial charge in [-0.15, -0.1) is 0 Å². The number of nitrogens with one attached hydrogen (secondary N) is 1. The smallest absolute Gasteiger partial charge is 0.264 e. The lowest BCUT2D eigenvalue weighted by Crippen LogP contribution is -2.52. The number of aryl methyl sites for hydroxylation is 1. The van der Waals surface area contributed by atoms with Crippen LogP contribution < -0.4 is 9.62 Å². The first-order valence-electron chi connectivity index (χ1n) is 12.6. The summed E-state index contributed by atoms with van der Waals surface area (Å²) < 4.78 is 28.6. The average Bonchev–Trinajstić information content (AvgIpc) is 2.92. The molecule has 0 aliphatic heterocycles. The second kappa shape index (κ2) is 13.4. The number of anilines is 1. The fraction of sp³-hybridized carbons (Fsp3) is 0.310. The first-order valence-corrected chi connectivity index (χ1v) is 14.5. The number of halogens is 1. The summed E-state index contributed by atoms with van der Waals surface area (Å²) in [5.41, 5.74) is 1.88. The van der Waals surface area contributed by atoms with Gasteiger partial charge in [0.1, 0.15) is 12.6 Å². The van der Waals surface area contributed by atoms with E-state index in [-0.39, 0.29) is 23.0 Å². The highest BCUT2D eigenvalue weighted by Gasteiger charge is 2.33. The van der Waals surface area contributed by atoms with Gasteiger partial charge in [0.2, 0.25) is 11.8 Å². The molecule has 0 unspecified atom stereocenters. The molecule has 202 valence electrons. The highest BCUT2D eigenvalue weighted by atomic mass is 35.5. The van der Waals surface area contributed by atoms with Crippen molar-refractivity contribution in [2.45, 2.75) is 51.1 Å². The molecule has 7 nitrogen and oxygen atoms in total. The fourth-order valence-corrected chi connectivity index (χ4v) is 5.65. The predicted molar refractivity (Wildman–Crippen MR) is 152 cm³/mol. The molecule has 3 aromatic carbocycles. The lowest BCUT2D eigenvalue weighted by molar-refractivity contribution is -0.140. The van der Waals surface area contributed by atoms with Crippen molar-refractivity contribution < 1.29 is 18.0 Å². The van der Waals surface area contributed by atoms with Crippen molar-refractivity contribution in [3.63, 3.8) is 0 Å². The quantitative estimate of drug-likeness (QED) is 0.334. The van der Waals surface area contributed by atoms with Crippen LogP contribution in [0.2, 0.25) is 5.02 Å². The highest BCUT2D eigenvalue weighted by Crippen LogP contribution is 2.28. The Balaban J connectivity index is 2.05. The van der Waals surface area contributed by atoms with E-state index in [2.05, 4.69) is 5.32 Å². The van der Waals surface area contributed by atoms with Crippen LogP contribution in [0.25, 0.3) is 0 Å². The van der Waals surface area contributed by atoms with Crippen molar-refractivity contribution in [3.8, 4) is 0 Å². The van der Waals surface area contributed by atoms with Crippen LogP contribution in [-0.2, 0) is 26.2 Å². The van der Waals surface area contributed by atoms with Gasteiger partial charge in [0, 0.05) is 18.1 Å². The summed E-state index contributed by atoms with van der Waals surface area (Å²) in [5, 5.41) is 3.26. The normalized spacial score (nSPS) is 12.0. The van der Waals surface area contributed by atoms with Crippen molar-refractivity contribution >= 4 is 39.1 Å². The number of hydrogen-bond acceptors (Lipinski definition) is 4. The zero-order chi connectivity index (χ0) is 27.7. The Hall–Kier alpha value is -3.36. The molecule has 0 saturated heterocycles. The Labute approximate surface area is 230 Å². The van der Waals surface area contributed by atoms with E-state index in [0.29, 0.717) is 18.0 Å². The molecule has 0 spiro atoms. The second-order valence-electron chi connectivity index (χ2n) is 8.98. The van der Waals surface area contributed by atoms with Crippen molar-refractivity contribution in [2.75, 3.05) is 17.4 Å². The van der Waals surface area contributed by atoms with Crippen LogP contribution in [0.4, 0.5) is 5.69 Å². The number of hydrogen-bond donors (Lipinski definition) is 1. The Morgan fingerprint density at radius 2 is 1.58 bits per heavy atom. The minimum atomic E-state index is -4.13. The first kappa shape index (κ1) is 29.2. The Morgan fingerprint density at radius 3 is 2.16 bits per heavy atom. The number of nitrogens with zero attached hydrogens (tertiary/aromatic N) is 2. The molecule has 0 aliphatic carbocycles. The molecule has 1 N–H and O–H groups in total. The molecule has 0 bridgehead atoms. The van der Waals surface area contributed by atoms with Gasteiger partial charge in [-0.05, 0) is 55.2 Å². The van der Waals surface area contributed by atoms with Crippen molar-refractivity contribution in [1.82, 2.24) is 10.2 Å². The summed E-state index contributed by atoms with van der Waals surface area (Å²) in [7, 11) is -4.13. The number of amides is 2. The molecule has 0 aromatic heterocycles. The molecule has 0 saturated carbocycles. The van der Waals surface area contributed by atoms with Gasteiger partial charge in [-0.3, -0.25) is 13.9 Å². The SMILES string of the molecule is CCCNC(=O)[C@@H](CC)N(Cc1ccccc1)C(=O)CN(c1ccc(C)c(Cl)c1)S(=O)(=O)c1ccccc1. The molecule has 0 heterocycles. The highest BCUT2D eigenvalue weighted by molar-refractivity contribution is 7.92. The van der Waals surface area contributed by atoms with Crippen molar-refractivity contribution in [1.29, 1.82) is 0 Å². The van der Waals surface area contributed by atoms with Gasteiger partial charge in [0.25, 0.3) is 10.0 Å². The summed E-state index contributed by atoms with van der Waals surface area (Å²) in [4.78, 5) is 28.5. The number of sulfonamides is 1. The van der Waals surface area contributed by atoms with Gasteiger partial charge < -0.3 is 10.2 Å². The van der Waals surface area contributed by atoms with Crippen LogP contribution in [0.5, 0.6) is 0 Å². The number of carbonyl (C=O) groups excluding carboxylic acids is 2. The molecule has 0 radical (unpaired) electrons. The molecule has 0 aliphatic rings. The van der Waals surface area contributed by atoms with E-state index in [1.54, 1.807) is 30.3 Å². The van der Waals surface area contributed by atoms with Gasteiger partial charge in [-0.25, -0.2) is 8.42 Å². The van der Waals surface area contributed by atoms with Crippen molar-refractivity contribution in [3.05, 3.63) is 95.0 Å². The van der Waals surface area contributed by atoms with Crippen LogP contribution in [-0.4, -0.2) is 44.3 Å². The molecule has 2 amide bonds. The molecule has 3 aromatic rings. The topological polar surface area (TPSA) is 86.8 Å².